The maximum absolute atomic E-state index is 11.8. The van der Waals surface area contributed by atoms with Gasteiger partial charge in [0.2, 0.25) is 5.91 Å². The molecular formula is C25H33N7O3. The molecule has 35 heavy (non-hydrogen) atoms. The lowest BCUT2D eigenvalue weighted by Crippen LogP contribution is -2.54. The maximum atomic E-state index is 11.8. The predicted octanol–water partition coefficient (Wildman–Crippen LogP) is 2.11. The largest absolute Gasteiger partial charge is 0.494 e. The van der Waals surface area contributed by atoms with E-state index in [0.717, 1.165) is 63.6 Å². The molecule has 2 aromatic heterocycles. The number of carbonyl (C=O) groups is 1. The first-order chi connectivity index (χ1) is 17.1. The van der Waals surface area contributed by atoms with Crippen molar-refractivity contribution in [1.82, 2.24) is 30.0 Å². The minimum atomic E-state index is -0.0566. The molecule has 186 valence electrons. The van der Waals surface area contributed by atoms with E-state index in [1.807, 2.05) is 19.1 Å². The van der Waals surface area contributed by atoms with Gasteiger partial charge in [-0.1, -0.05) is 17.2 Å². The van der Waals surface area contributed by atoms with Crippen molar-refractivity contribution in [3.63, 3.8) is 0 Å². The van der Waals surface area contributed by atoms with Gasteiger partial charge < -0.3 is 19.7 Å². The summed E-state index contributed by atoms with van der Waals surface area (Å²) in [6.45, 7) is 7.00. The molecule has 0 radical (unpaired) electrons. The van der Waals surface area contributed by atoms with Gasteiger partial charge in [0.1, 0.15) is 11.6 Å². The second-order valence-corrected chi connectivity index (χ2v) is 9.18. The number of ether oxygens (including phenoxy) is 2. The number of piperidine rings is 1. The zero-order valence-electron chi connectivity index (χ0n) is 20.4. The molecule has 0 spiro atoms. The summed E-state index contributed by atoms with van der Waals surface area (Å²) in [5, 5.41) is 15.6. The molecular weight excluding hydrogens is 446 g/mol. The van der Waals surface area contributed by atoms with E-state index in [2.05, 4.69) is 54.7 Å². The van der Waals surface area contributed by atoms with Crippen LogP contribution in [0.4, 0.5) is 5.82 Å². The summed E-state index contributed by atoms with van der Waals surface area (Å²) in [6, 6.07) is 12.8. The van der Waals surface area contributed by atoms with Crippen LogP contribution in [0.15, 0.2) is 36.4 Å². The first-order valence-corrected chi connectivity index (χ1v) is 12.4. The fourth-order valence-corrected chi connectivity index (χ4v) is 4.93. The molecule has 5 rings (SSSR count). The number of methoxy groups -OCH3 is 1. The number of aromatic nitrogens is 4. The van der Waals surface area contributed by atoms with Gasteiger partial charge in [-0.3, -0.25) is 9.69 Å². The standard InChI is InChI=1S/C25H33N7O3/c1-18-24(33)26-12-16-30(18)13-3-17-35-21-6-4-19(5-7-21)20-10-14-31(15-11-20)23-9-8-22-27-28-25(34-2)32(22)29-23/h4-9,18,20H,3,10-17H2,1-2H3,(H,26,33)/t18-/m1/s1. The summed E-state index contributed by atoms with van der Waals surface area (Å²) in [7, 11) is 1.57. The summed E-state index contributed by atoms with van der Waals surface area (Å²) < 4.78 is 12.8. The van der Waals surface area contributed by atoms with E-state index in [0.29, 0.717) is 24.2 Å². The Hall–Kier alpha value is -3.40. The van der Waals surface area contributed by atoms with Crippen molar-refractivity contribution in [1.29, 1.82) is 0 Å². The summed E-state index contributed by atoms with van der Waals surface area (Å²) in [5.41, 5.74) is 2.03. The fourth-order valence-electron chi connectivity index (χ4n) is 4.93. The van der Waals surface area contributed by atoms with Gasteiger partial charge in [-0.15, -0.1) is 10.2 Å². The lowest BCUT2D eigenvalue weighted by Gasteiger charge is -2.33. The van der Waals surface area contributed by atoms with E-state index in [1.54, 1.807) is 11.6 Å². The Morgan fingerprint density at radius 3 is 2.63 bits per heavy atom. The number of anilines is 1. The number of hydrogen-bond acceptors (Lipinski definition) is 8. The van der Waals surface area contributed by atoms with Gasteiger partial charge in [-0.25, -0.2) is 0 Å². The number of fused-ring (bicyclic) bond motifs is 1. The van der Waals surface area contributed by atoms with E-state index < -0.39 is 0 Å². The van der Waals surface area contributed by atoms with Gasteiger partial charge in [0.05, 0.1) is 19.8 Å². The van der Waals surface area contributed by atoms with Gasteiger partial charge in [-0.2, -0.15) is 4.52 Å². The Morgan fingerprint density at radius 1 is 1.06 bits per heavy atom. The van der Waals surface area contributed by atoms with Gasteiger partial charge in [0.15, 0.2) is 5.65 Å². The zero-order chi connectivity index (χ0) is 24.2. The van der Waals surface area contributed by atoms with Crippen LogP contribution in [-0.2, 0) is 4.79 Å². The number of amides is 1. The lowest BCUT2D eigenvalue weighted by atomic mass is 9.89. The third-order valence-electron chi connectivity index (χ3n) is 7.06. The Kier molecular flexibility index (Phi) is 6.98. The van der Waals surface area contributed by atoms with E-state index >= 15 is 0 Å². The van der Waals surface area contributed by atoms with Crippen molar-refractivity contribution in [3.8, 4) is 11.8 Å². The van der Waals surface area contributed by atoms with Crippen molar-refractivity contribution >= 4 is 17.4 Å². The molecule has 2 saturated heterocycles. The van der Waals surface area contributed by atoms with Crippen LogP contribution >= 0.6 is 0 Å². The van der Waals surface area contributed by atoms with Crippen LogP contribution in [0.25, 0.3) is 5.65 Å². The Labute approximate surface area is 205 Å². The second kappa shape index (κ2) is 10.5. The van der Waals surface area contributed by atoms with Crippen molar-refractivity contribution in [3.05, 3.63) is 42.0 Å². The fraction of sp³-hybridized carbons (Fsp3) is 0.520. The van der Waals surface area contributed by atoms with Crippen LogP contribution in [0.5, 0.6) is 11.8 Å². The van der Waals surface area contributed by atoms with Crippen LogP contribution in [-0.4, -0.2) is 83.1 Å². The van der Waals surface area contributed by atoms with Gasteiger partial charge >= 0.3 is 6.01 Å². The smallest absolute Gasteiger partial charge is 0.338 e. The molecule has 1 aromatic carbocycles. The molecule has 10 heteroatoms. The van der Waals surface area contributed by atoms with Crippen molar-refractivity contribution < 1.29 is 14.3 Å². The van der Waals surface area contributed by atoms with Crippen LogP contribution in [0.3, 0.4) is 0 Å². The van der Waals surface area contributed by atoms with Crippen LogP contribution in [0, 0.1) is 0 Å². The minimum absolute atomic E-state index is 0.0566. The zero-order valence-corrected chi connectivity index (χ0v) is 20.4. The number of carbonyl (C=O) groups excluding carboxylic acids is 1. The Bertz CT molecular complexity index is 1140. The minimum Gasteiger partial charge on any atom is -0.494 e. The topological polar surface area (TPSA) is 97.1 Å². The van der Waals surface area contributed by atoms with Crippen LogP contribution < -0.4 is 19.7 Å². The number of nitrogens with one attached hydrogen (secondary N) is 1. The number of hydrogen-bond donors (Lipinski definition) is 1. The Morgan fingerprint density at radius 2 is 1.86 bits per heavy atom. The molecule has 2 fully saturated rings. The highest BCUT2D eigenvalue weighted by Crippen LogP contribution is 2.31. The highest BCUT2D eigenvalue weighted by Gasteiger charge is 2.25. The van der Waals surface area contributed by atoms with Crippen molar-refractivity contribution in [2.24, 2.45) is 0 Å². The third-order valence-corrected chi connectivity index (χ3v) is 7.06. The van der Waals surface area contributed by atoms with Crippen molar-refractivity contribution in [2.45, 2.75) is 38.1 Å². The summed E-state index contributed by atoms with van der Waals surface area (Å²) in [6.07, 6.45) is 3.04. The van der Waals surface area contributed by atoms with E-state index in [9.17, 15) is 4.79 Å². The maximum Gasteiger partial charge on any atom is 0.338 e. The van der Waals surface area contributed by atoms with E-state index in [4.69, 9.17) is 9.47 Å². The summed E-state index contributed by atoms with van der Waals surface area (Å²) >= 11 is 0. The van der Waals surface area contributed by atoms with Crippen LogP contribution in [0.2, 0.25) is 0 Å². The average molecular weight is 480 g/mol. The first-order valence-electron chi connectivity index (χ1n) is 12.4. The quantitative estimate of drug-likeness (QED) is 0.491. The molecule has 10 nitrogen and oxygen atoms in total. The number of nitrogens with zero attached hydrogens (tertiary/aromatic N) is 6. The van der Waals surface area contributed by atoms with Gasteiger partial charge in [-0.05, 0) is 61.9 Å². The molecule has 3 aromatic rings. The molecule has 0 saturated carbocycles. The van der Waals surface area contributed by atoms with E-state index in [-0.39, 0.29) is 11.9 Å². The average Bonchev–Trinajstić information content (AvgIpc) is 3.32. The lowest BCUT2D eigenvalue weighted by molar-refractivity contribution is -0.128. The number of rotatable bonds is 8. The molecule has 4 heterocycles. The summed E-state index contributed by atoms with van der Waals surface area (Å²) in [5.74, 6) is 2.46. The highest BCUT2D eigenvalue weighted by molar-refractivity contribution is 5.81. The van der Waals surface area contributed by atoms with Crippen molar-refractivity contribution in [2.75, 3.05) is 51.3 Å². The van der Waals surface area contributed by atoms with E-state index in [1.165, 1.54) is 5.56 Å². The SMILES string of the molecule is COc1nnc2ccc(N3CCC(c4ccc(OCCCN5CCNC(=O)[C@H]5C)cc4)CC3)nn12. The van der Waals surface area contributed by atoms with Gasteiger partial charge in [0, 0.05) is 32.7 Å². The van der Waals surface area contributed by atoms with Crippen LogP contribution in [0.1, 0.15) is 37.7 Å². The first kappa shape index (κ1) is 23.3. The molecule has 0 unspecified atom stereocenters. The predicted molar refractivity (Wildman–Crippen MR) is 132 cm³/mol. The molecule has 1 atom stereocenters. The van der Waals surface area contributed by atoms with Gasteiger partial charge in [0.25, 0.3) is 0 Å². The number of benzene rings is 1. The molecule has 0 bridgehead atoms. The molecule has 2 aliphatic heterocycles. The normalized spacial score (nSPS) is 19.7. The Balaban J connectivity index is 1.09. The molecule has 1 amide bonds. The molecule has 2 aliphatic rings. The number of piperazine rings is 1. The highest BCUT2D eigenvalue weighted by atomic mass is 16.5. The monoisotopic (exact) mass is 479 g/mol. The summed E-state index contributed by atoms with van der Waals surface area (Å²) in [4.78, 5) is 16.3. The molecule has 1 N–H and O–H groups in total. The second-order valence-electron chi connectivity index (χ2n) is 9.18. The third kappa shape index (κ3) is 5.17. The molecule has 0 aliphatic carbocycles.